The van der Waals surface area contributed by atoms with Gasteiger partial charge in [0.05, 0.1) is 0 Å². The van der Waals surface area contributed by atoms with Gasteiger partial charge in [-0.25, -0.2) is 4.79 Å². The summed E-state index contributed by atoms with van der Waals surface area (Å²) in [6.45, 7) is 6.25. The van der Waals surface area contributed by atoms with Gasteiger partial charge in [0.2, 0.25) is 5.88 Å². The zero-order valence-electron chi connectivity index (χ0n) is 18.2. The third-order valence-corrected chi connectivity index (χ3v) is 5.74. The van der Waals surface area contributed by atoms with Crippen molar-refractivity contribution in [2.24, 2.45) is 4.99 Å². The maximum Gasteiger partial charge on any atom is 0.410 e. The number of aliphatic imine (C=N–C) groups is 1. The first-order valence-corrected chi connectivity index (χ1v) is 11.0. The molecule has 0 N–H and O–H groups in total. The Kier molecular flexibility index (Phi) is 6.02. The highest BCUT2D eigenvalue weighted by molar-refractivity contribution is 5.78. The minimum absolute atomic E-state index is 0.0738. The van der Waals surface area contributed by atoms with Crippen LogP contribution in [0.5, 0.6) is 0 Å². The zero-order chi connectivity index (χ0) is 21.1. The van der Waals surface area contributed by atoms with Gasteiger partial charge < -0.3 is 19.1 Å². The van der Waals surface area contributed by atoms with Crippen LogP contribution in [0, 0.1) is 0 Å². The minimum atomic E-state index is -0.471. The fourth-order valence-corrected chi connectivity index (χ4v) is 4.47. The monoisotopic (exact) mass is 412 g/mol. The Balaban J connectivity index is 1.32. The van der Waals surface area contributed by atoms with Gasteiger partial charge >= 0.3 is 6.09 Å². The van der Waals surface area contributed by atoms with Crippen LogP contribution in [0.2, 0.25) is 0 Å². The van der Waals surface area contributed by atoms with Crippen molar-refractivity contribution in [3.8, 4) is 0 Å². The summed E-state index contributed by atoms with van der Waals surface area (Å²) in [5, 5.41) is 0. The number of amides is 1. The van der Waals surface area contributed by atoms with E-state index < -0.39 is 5.60 Å². The number of piperidine rings is 1. The van der Waals surface area contributed by atoms with Crippen LogP contribution in [0.4, 0.5) is 4.79 Å². The highest BCUT2D eigenvalue weighted by Gasteiger charge is 2.45. The van der Waals surface area contributed by atoms with E-state index in [-0.39, 0.29) is 24.3 Å². The number of rotatable bonds is 4. The van der Waals surface area contributed by atoms with Gasteiger partial charge in [-0.2, -0.15) is 4.99 Å². The number of carbonyl (C=O) groups excluding carboxylic acids is 1. The van der Waals surface area contributed by atoms with Crippen molar-refractivity contribution in [3.63, 3.8) is 0 Å². The summed E-state index contributed by atoms with van der Waals surface area (Å²) < 4.78 is 17.8. The Hall–Kier alpha value is -2.50. The molecule has 3 heterocycles. The molecule has 2 unspecified atom stereocenters. The Morgan fingerprint density at radius 3 is 2.50 bits per heavy atom. The fourth-order valence-electron chi connectivity index (χ4n) is 4.47. The third-order valence-electron chi connectivity index (χ3n) is 5.74. The average molecular weight is 413 g/mol. The number of ether oxygens (including phenoxy) is 3. The molecule has 1 aromatic rings. The molecule has 0 aromatic heterocycles. The molecule has 0 radical (unpaired) electrons. The van der Waals surface area contributed by atoms with Gasteiger partial charge in [-0.3, -0.25) is 0 Å². The van der Waals surface area contributed by atoms with Crippen molar-refractivity contribution < 1.29 is 19.0 Å². The van der Waals surface area contributed by atoms with Crippen LogP contribution in [-0.2, 0) is 20.8 Å². The molecular weight excluding hydrogens is 380 g/mol. The van der Waals surface area contributed by atoms with Gasteiger partial charge in [0, 0.05) is 31.3 Å². The number of benzene rings is 1. The van der Waals surface area contributed by atoms with Crippen LogP contribution in [0.1, 0.15) is 64.9 Å². The van der Waals surface area contributed by atoms with Crippen molar-refractivity contribution in [1.29, 1.82) is 0 Å². The highest BCUT2D eigenvalue weighted by atomic mass is 16.6. The minimum Gasteiger partial charge on any atom is -0.476 e. The molecule has 3 aliphatic rings. The standard InChI is InChI=1S/C24H32N2O4/c1-24(2,3)30-23(27)26-18-12-13-19(26)15-20(14-18)29-22-11-7-10-21(25-22)28-16-17-8-5-4-6-9-17/h4-6,8-9,11,18-20H,7,10,12-16H2,1-3H3. The summed E-state index contributed by atoms with van der Waals surface area (Å²) in [6.07, 6.45) is 7.25. The van der Waals surface area contributed by atoms with Gasteiger partial charge in [0.1, 0.15) is 18.3 Å². The molecule has 30 heavy (non-hydrogen) atoms. The highest BCUT2D eigenvalue weighted by Crippen LogP contribution is 2.38. The van der Waals surface area contributed by atoms with Crippen LogP contribution in [0.15, 0.2) is 47.3 Å². The molecule has 6 heteroatoms. The first kappa shape index (κ1) is 20.8. The van der Waals surface area contributed by atoms with Crippen LogP contribution in [0.25, 0.3) is 0 Å². The SMILES string of the molecule is CC(C)(C)OC(=O)N1C2CCC1CC(OC1=CCCC(OCc3ccccc3)=N1)C2. The molecule has 6 nitrogen and oxygen atoms in total. The number of hydrogen-bond donors (Lipinski definition) is 0. The summed E-state index contributed by atoms with van der Waals surface area (Å²) in [5.41, 5.74) is 0.657. The molecule has 2 fully saturated rings. The molecule has 2 bridgehead atoms. The molecule has 2 saturated heterocycles. The predicted octanol–water partition coefficient (Wildman–Crippen LogP) is 5.18. The van der Waals surface area contributed by atoms with Crippen molar-refractivity contribution in [3.05, 3.63) is 47.9 Å². The summed E-state index contributed by atoms with van der Waals surface area (Å²) in [5.74, 6) is 1.38. The smallest absolute Gasteiger partial charge is 0.410 e. The van der Waals surface area contributed by atoms with Gasteiger partial charge in [0.15, 0.2) is 5.90 Å². The number of nitrogens with zero attached hydrogens (tertiary/aromatic N) is 2. The summed E-state index contributed by atoms with van der Waals surface area (Å²) >= 11 is 0. The summed E-state index contributed by atoms with van der Waals surface area (Å²) in [7, 11) is 0. The molecule has 1 aromatic carbocycles. The third kappa shape index (κ3) is 5.15. The number of carbonyl (C=O) groups is 1. The van der Waals surface area contributed by atoms with Crippen LogP contribution < -0.4 is 0 Å². The van der Waals surface area contributed by atoms with E-state index in [1.54, 1.807) is 0 Å². The summed E-state index contributed by atoms with van der Waals surface area (Å²) in [4.78, 5) is 19.2. The maximum absolute atomic E-state index is 12.6. The second kappa shape index (κ2) is 8.70. The predicted molar refractivity (Wildman–Crippen MR) is 115 cm³/mol. The lowest BCUT2D eigenvalue weighted by Crippen LogP contribution is -2.50. The van der Waals surface area contributed by atoms with Gasteiger partial charge in [-0.05, 0) is 51.7 Å². The Morgan fingerprint density at radius 1 is 1.13 bits per heavy atom. The molecule has 0 aliphatic carbocycles. The zero-order valence-corrected chi connectivity index (χ0v) is 18.2. The number of allylic oxidation sites excluding steroid dienone is 1. The van der Waals surface area contributed by atoms with E-state index in [0.717, 1.165) is 50.0 Å². The lowest BCUT2D eigenvalue weighted by Gasteiger charge is -2.39. The van der Waals surface area contributed by atoms with E-state index in [9.17, 15) is 4.79 Å². The number of hydrogen-bond acceptors (Lipinski definition) is 5. The van der Waals surface area contributed by atoms with E-state index in [1.807, 2.05) is 62.1 Å². The summed E-state index contributed by atoms with van der Waals surface area (Å²) in [6, 6.07) is 10.5. The normalized spacial score (nSPS) is 26.0. The molecule has 0 saturated carbocycles. The van der Waals surface area contributed by atoms with Crippen LogP contribution in [-0.4, -0.2) is 40.7 Å². The molecule has 2 atom stereocenters. The van der Waals surface area contributed by atoms with E-state index in [0.29, 0.717) is 12.5 Å². The topological polar surface area (TPSA) is 60.4 Å². The van der Waals surface area contributed by atoms with Crippen LogP contribution in [0.3, 0.4) is 0 Å². The van der Waals surface area contributed by atoms with Gasteiger partial charge in [-0.15, -0.1) is 0 Å². The molecule has 0 spiro atoms. The van der Waals surface area contributed by atoms with Gasteiger partial charge in [-0.1, -0.05) is 30.3 Å². The van der Waals surface area contributed by atoms with E-state index in [2.05, 4.69) is 4.99 Å². The van der Waals surface area contributed by atoms with Crippen LogP contribution >= 0.6 is 0 Å². The molecule has 162 valence electrons. The van der Waals surface area contributed by atoms with Crippen molar-refractivity contribution in [2.45, 2.75) is 89.7 Å². The van der Waals surface area contributed by atoms with Gasteiger partial charge in [0.25, 0.3) is 0 Å². The Morgan fingerprint density at radius 2 is 1.83 bits per heavy atom. The molecular formula is C24H32N2O4. The second-order valence-electron chi connectivity index (χ2n) is 9.34. The van der Waals surface area contributed by atoms with Crippen molar-refractivity contribution in [1.82, 2.24) is 4.90 Å². The average Bonchev–Trinajstić information content (AvgIpc) is 2.97. The molecule has 3 aliphatic heterocycles. The number of fused-ring (bicyclic) bond motifs is 2. The second-order valence-corrected chi connectivity index (χ2v) is 9.34. The molecule has 1 amide bonds. The lowest BCUT2D eigenvalue weighted by molar-refractivity contribution is -0.0187. The Bertz CT molecular complexity index is 798. The molecule has 4 rings (SSSR count). The van der Waals surface area contributed by atoms with E-state index in [1.165, 1.54) is 0 Å². The first-order valence-electron chi connectivity index (χ1n) is 11.0. The van der Waals surface area contributed by atoms with Crippen molar-refractivity contribution >= 4 is 12.0 Å². The van der Waals surface area contributed by atoms with E-state index >= 15 is 0 Å². The quantitative estimate of drug-likeness (QED) is 0.683. The lowest BCUT2D eigenvalue weighted by atomic mass is 10.00. The maximum atomic E-state index is 12.6. The fraction of sp³-hybridized carbons (Fsp3) is 0.583. The van der Waals surface area contributed by atoms with Crippen molar-refractivity contribution in [2.75, 3.05) is 0 Å². The Labute approximate surface area is 178 Å². The van der Waals surface area contributed by atoms with E-state index in [4.69, 9.17) is 14.2 Å². The first-order chi connectivity index (χ1) is 14.4. The largest absolute Gasteiger partial charge is 0.476 e.